The summed E-state index contributed by atoms with van der Waals surface area (Å²) < 4.78 is 5.06. The summed E-state index contributed by atoms with van der Waals surface area (Å²) in [5.41, 5.74) is 1.74. The number of nitrogens with zero attached hydrogens (tertiary/aromatic N) is 1. The standard InChI is InChI=1S/C20H14ClN3O3S2/c1-11-17(12-4-6-13(21)7-5-12)23-20(28-11)24-19(26)15-8-9-16(29-15)22-18(25)14-3-2-10-27-14/h2-10H,1H3,(H,22,25)(H,23,24,26). The third kappa shape index (κ3) is 4.40. The van der Waals surface area contributed by atoms with E-state index in [4.69, 9.17) is 16.0 Å². The molecule has 146 valence electrons. The van der Waals surface area contributed by atoms with Crippen molar-refractivity contribution in [2.24, 2.45) is 0 Å². The van der Waals surface area contributed by atoms with E-state index < -0.39 is 0 Å². The molecule has 9 heteroatoms. The molecule has 0 saturated heterocycles. The van der Waals surface area contributed by atoms with Crippen LogP contribution in [0.25, 0.3) is 11.3 Å². The predicted octanol–water partition coefficient (Wildman–Crippen LogP) is 5.93. The number of anilines is 2. The van der Waals surface area contributed by atoms with Gasteiger partial charge in [0.25, 0.3) is 11.8 Å². The van der Waals surface area contributed by atoms with Gasteiger partial charge in [-0.3, -0.25) is 14.9 Å². The summed E-state index contributed by atoms with van der Waals surface area (Å²) in [5, 5.41) is 7.23. The summed E-state index contributed by atoms with van der Waals surface area (Å²) >= 11 is 8.51. The highest BCUT2D eigenvalue weighted by Gasteiger charge is 2.16. The van der Waals surface area contributed by atoms with E-state index in [2.05, 4.69) is 15.6 Å². The summed E-state index contributed by atoms with van der Waals surface area (Å²) in [7, 11) is 0. The highest BCUT2D eigenvalue weighted by molar-refractivity contribution is 7.18. The van der Waals surface area contributed by atoms with Crippen LogP contribution in [0.1, 0.15) is 25.1 Å². The van der Waals surface area contributed by atoms with E-state index >= 15 is 0 Å². The Morgan fingerprint density at radius 2 is 1.79 bits per heavy atom. The van der Waals surface area contributed by atoms with E-state index in [1.807, 2.05) is 19.1 Å². The van der Waals surface area contributed by atoms with Gasteiger partial charge in [-0.25, -0.2) is 4.98 Å². The second kappa shape index (κ2) is 8.20. The van der Waals surface area contributed by atoms with Crippen molar-refractivity contribution >= 4 is 56.2 Å². The van der Waals surface area contributed by atoms with Crippen molar-refractivity contribution in [3.05, 3.63) is 75.3 Å². The fourth-order valence-electron chi connectivity index (χ4n) is 2.59. The molecule has 0 fully saturated rings. The second-order valence-corrected chi connectivity index (χ2v) is 8.70. The Morgan fingerprint density at radius 1 is 1.00 bits per heavy atom. The highest BCUT2D eigenvalue weighted by Crippen LogP contribution is 2.32. The van der Waals surface area contributed by atoms with Crippen LogP contribution < -0.4 is 10.6 Å². The van der Waals surface area contributed by atoms with Crippen LogP contribution in [0, 0.1) is 6.92 Å². The van der Waals surface area contributed by atoms with Gasteiger partial charge in [-0.15, -0.1) is 22.7 Å². The van der Waals surface area contributed by atoms with Crippen molar-refractivity contribution in [1.29, 1.82) is 0 Å². The van der Waals surface area contributed by atoms with Gasteiger partial charge in [0.15, 0.2) is 10.9 Å². The van der Waals surface area contributed by atoms with Crippen molar-refractivity contribution in [3.63, 3.8) is 0 Å². The number of aromatic nitrogens is 1. The zero-order valence-electron chi connectivity index (χ0n) is 15.1. The van der Waals surface area contributed by atoms with Crippen LogP contribution in [0.15, 0.2) is 59.2 Å². The number of aryl methyl sites for hydroxylation is 1. The molecular formula is C20H14ClN3O3S2. The molecule has 2 N–H and O–H groups in total. The molecule has 4 aromatic rings. The molecule has 0 bridgehead atoms. The van der Waals surface area contributed by atoms with E-state index in [-0.39, 0.29) is 17.6 Å². The molecule has 3 aromatic heterocycles. The van der Waals surface area contributed by atoms with Crippen molar-refractivity contribution in [3.8, 4) is 11.3 Å². The normalized spacial score (nSPS) is 10.7. The Bertz CT molecular complexity index is 1160. The Morgan fingerprint density at radius 3 is 2.52 bits per heavy atom. The van der Waals surface area contributed by atoms with Crippen LogP contribution in [0.3, 0.4) is 0 Å². The first-order valence-corrected chi connectivity index (χ1v) is 10.5. The van der Waals surface area contributed by atoms with Gasteiger partial charge in [-0.2, -0.15) is 0 Å². The van der Waals surface area contributed by atoms with Crippen molar-refractivity contribution in [2.75, 3.05) is 10.6 Å². The van der Waals surface area contributed by atoms with Gasteiger partial charge in [0, 0.05) is 15.5 Å². The van der Waals surface area contributed by atoms with Crippen LogP contribution in [0.5, 0.6) is 0 Å². The minimum Gasteiger partial charge on any atom is -0.459 e. The van der Waals surface area contributed by atoms with Gasteiger partial charge in [-0.1, -0.05) is 23.7 Å². The first-order chi connectivity index (χ1) is 14.0. The Labute approximate surface area is 179 Å². The van der Waals surface area contributed by atoms with Crippen LogP contribution in [-0.2, 0) is 0 Å². The van der Waals surface area contributed by atoms with Crippen molar-refractivity contribution < 1.29 is 14.0 Å². The smallest absolute Gasteiger partial charge is 0.291 e. The fraction of sp³-hybridized carbons (Fsp3) is 0.0500. The van der Waals surface area contributed by atoms with E-state index in [0.717, 1.165) is 16.1 Å². The molecule has 2 amide bonds. The van der Waals surface area contributed by atoms with E-state index in [0.29, 0.717) is 20.0 Å². The number of hydrogen-bond donors (Lipinski definition) is 2. The summed E-state index contributed by atoms with van der Waals surface area (Å²) in [6.45, 7) is 1.95. The van der Waals surface area contributed by atoms with Crippen molar-refractivity contribution in [1.82, 2.24) is 4.98 Å². The number of hydrogen-bond acceptors (Lipinski definition) is 6. The van der Waals surface area contributed by atoms with Gasteiger partial charge >= 0.3 is 0 Å². The predicted molar refractivity (Wildman–Crippen MR) is 116 cm³/mol. The number of carbonyl (C=O) groups excluding carboxylic acids is 2. The molecule has 0 aliphatic rings. The molecule has 0 radical (unpaired) electrons. The lowest BCUT2D eigenvalue weighted by atomic mass is 10.1. The minimum absolute atomic E-state index is 0.206. The maximum atomic E-state index is 12.6. The summed E-state index contributed by atoms with van der Waals surface area (Å²) in [5.74, 6) is -0.450. The largest absolute Gasteiger partial charge is 0.459 e. The highest BCUT2D eigenvalue weighted by atomic mass is 35.5. The summed E-state index contributed by atoms with van der Waals surface area (Å²) in [4.78, 5) is 30.6. The topological polar surface area (TPSA) is 84.2 Å². The minimum atomic E-state index is -0.369. The number of amides is 2. The Kier molecular flexibility index (Phi) is 5.48. The van der Waals surface area contributed by atoms with Crippen LogP contribution >= 0.6 is 34.3 Å². The number of carbonyl (C=O) groups is 2. The molecule has 0 saturated carbocycles. The van der Waals surface area contributed by atoms with Crippen LogP contribution in [0.4, 0.5) is 10.1 Å². The quantitative estimate of drug-likeness (QED) is 0.400. The Hall–Kier alpha value is -2.94. The lowest BCUT2D eigenvalue weighted by Gasteiger charge is -2.00. The number of nitrogens with one attached hydrogen (secondary N) is 2. The number of thiazole rings is 1. The Balaban J connectivity index is 1.45. The number of rotatable bonds is 5. The third-order valence-electron chi connectivity index (χ3n) is 3.95. The van der Waals surface area contributed by atoms with Gasteiger partial charge in [0.05, 0.1) is 21.8 Å². The van der Waals surface area contributed by atoms with Gasteiger partial charge < -0.3 is 9.73 Å². The van der Waals surface area contributed by atoms with Crippen LogP contribution in [-0.4, -0.2) is 16.8 Å². The third-order valence-corrected chi connectivity index (χ3v) is 6.08. The van der Waals surface area contributed by atoms with Gasteiger partial charge in [-0.05, 0) is 43.3 Å². The number of benzene rings is 1. The molecule has 6 nitrogen and oxygen atoms in total. The lowest BCUT2D eigenvalue weighted by molar-refractivity contribution is 0.0995. The average Bonchev–Trinajstić information content (AvgIpc) is 3.44. The molecule has 1 aromatic carbocycles. The summed E-state index contributed by atoms with van der Waals surface area (Å²) in [6, 6.07) is 13.9. The lowest BCUT2D eigenvalue weighted by Crippen LogP contribution is -2.10. The summed E-state index contributed by atoms with van der Waals surface area (Å²) in [6.07, 6.45) is 1.43. The zero-order valence-corrected chi connectivity index (χ0v) is 17.5. The van der Waals surface area contributed by atoms with Gasteiger partial charge in [0.2, 0.25) is 0 Å². The van der Waals surface area contributed by atoms with Gasteiger partial charge in [0.1, 0.15) is 0 Å². The molecule has 3 heterocycles. The SMILES string of the molecule is Cc1sc(NC(=O)c2ccc(NC(=O)c3ccco3)s2)nc1-c1ccc(Cl)cc1. The molecule has 0 unspecified atom stereocenters. The number of furan rings is 1. The first-order valence-electron chi connectivity index (χ1n) is 8.49. The van der Waals surface area contributed by atoms with E-state index in [9.17, 15) is 9.59 Å². The van der Waals surface area contributed by atoms with E-state index in [1.54, 1.807) is 36.4 Å². The molecule has 0 aliphatic carbocycles. The number of thiophene rings is 1. The maximum absolute atomic E-state index is 12.6. The monoisotopic (exact) mass is 443 g/mol. The molecular weight excluding hydrogens is 430 g/mol. The van der Waals surface area contributed by atoms with Crippen molar-refractivity contribution in [2.45, 2.75) is 6.92 Å². The molecule has 0 spiro atoms. The molecule has 4 rings (SSSR count). The average molecular weight is 444 g/mol. The second-order valence-electron chi connectivity index (χ2n) is 5.98. The first kappa shape index (κ1) is 19.4. The molecule has 0 atom stereocenters. The molecule has 0 aliphatic heterocycles. The van der Waals surface area contributed by atoms with E-state index in [1.165, 1.54) is 28.9 Å². The number of halogens is 1. The zero-order chi connectivity index (χ0) is 20.4. The molecule has 29 heavy (non-hydrogen) atoms. The fourth-order valence-corrected chi connectivity index (χ4v) is 4.35. The maximum Gasteiger partial charge on any atom is 0.291 e. The van der Waals surface area contributed by atoms with Crippen LogP contribution in [0.2, 0.25) is 5.02 Å².